The maximum Gasteiger partial charge on any atom is 0.303 e. The molecule has 0 aromatic carbocycles. The van der Waals surface area contributed by atoms with Gasteiger partial charge in [-0.05, 0) is 22.0 Å². The van der Waals surface area contributed by atoms with Gasteiger partial charge in [0, 0.05) is 28.9 Å². The number of carboxylic acids is 1. The third-order valence-electron chi connectivity index (χ3n) is 2.03. The van der Waals surface area contributed by atoms with Crippen LogP contribution in [0.25, 0.3) is 11.4 Å². The smallest absolute Gasteiger partial charge is 0.303 e. The van der Waals surface area contributed by atoms with E-state index in [4.69, 9.17) is 9.63 Å². The summed E-state index contributed by atoms with van der Waals surface area (Å²) in [7, 11) is 0. The van der Waals surface area contributed by atoms with Crippen molar-refractivity contribution < 1.29 is 14.4 Å². The standard InChI is InChI=1S/C10H8BrN3O3/c11-7-5-12-4-3-6(7)10-13-8(17-14-10)1-2-9(15)16/h3-5H,1-2H2,(H,15,16). The molecule has 0 bridgehead atoms. The highest BCUT2D eigenvalue weighted by molar-refractivity contribution is 9.10. The molecule has 0 saturated carbocycles. The Morgan fingerprint density at radius 2 is 2.35 bits per heavy atom. The Morgan fingerprint density at radius 1 is 1.53 bits per heavy atom. The van der Waals surface area contributed by atoms with Crippen molar-refractivity contribution in [3.63, 3.8) is 0 Å². The first-order valence-corrected chi connectivity index (χ1v) is 5.60. The van der Waals surface area contributed by atoms with E-state index in [2.05, 4.69) is 31.1 Å². The third-order valence-corrected chi connectivity index (χ3v) is 2.67. The van der Waals surface area contributed by atoms with Crippen LogP contribution >= 0.6 is 15.9 Å². The zero-order valence-electron chi connectivity index (χ0n) is 8.63. The summed E-state index contributed by atoms with van der Waals surface area (Å²) in [5.74, 6) is -0.166. The zero-order chi connectivity index (χ0) is 12.3. The predicted octanol–water partition coefficient (Wildman–Crippen LogP) is 1.91. The van der Waals surface area contributed by atoms with Crippen molar-refractivity contribution in [3.05, 3.63) is 28.8 Å². The first kappa shape index (κ1) is 11.7. The molecule has 1 N–H and O–H groups in total. The number of aromatic nitrogens is 3. The van der Waals surface area contributed by atoms with Crippen molar-refractivity contribution in [2.75, 3.05) is 0 Å². The Balaban J connectivity index is 2.18. The first-order chi connectivity index (χ1) is 8.16. The number of rotatable bonds is 4. The topological polar surface area (TPSA) is 89.1 Å². The molecule has 0 amide bonds. The molecule has 17 heavy (non-hydrogen) atoms. The van der Waals surface area contributed by atoms with Gasteiger partial charge in [-0.2, -0.15) is 4.98 Å². The van der Waals surface area contributed by atoms with Crippen molar-refractivity contribution in [1.29, 1.82) is 0 Å². The lowest BCUT2D eigenvalue weighted by molar-refractivity contribution is -0.137. The van der Waals surface area contributed by atoms with Gasteiger partial charge in [-0.3, -0.25) is 9.78 Å². The molecule has 2 heterocycles. The monoisotopic (exact) mass is 297 g/mol. The number of pyridine rings is 1. The first-order valence-electron chi connectivity index (χ1n) is 4.81. The lowest BCUT2D eigenvalue weighted by Crippen LogP contribution is -1.97. The normalized spacial score (nSPS) is 10.4. The predicted molar refractivity (Wildman–Crippen MR) is 61.2 cm³/mol. The van der Waals surface area contributed by atoms with Gasteiger partial charge >= 0.3 is 5.97 Å². The molecule has 0 fully saturated rings. The van der Waals surface area contributed by atoms with Gasteiger partial charge < -0.3 is 9.63 Å². The summed E-state index contributed by atoms with van der Waals surface area (Å²) in [4.78, 5) is 18.4. The molecule has 0 radical (unpaired) electrons. The molecule has 2 aromatic heterocycles. The zero-order valence-corrected chi connectivity index (χ0v) is 10.2. The van der Waals surface area contributed by atoms with Crippen molar-refractivity contribution >= 4 is 21.9 Å². The molecule has 0 unspecified atom stereocenters. The second-order valence-corrected chi connectivity index (χ2v) is 4.12. The van der Waals surface area contributed by atoms with Crippen molar-refractivity contribution in [2.24, 2.45) is 0 Å². The summed E-state index contributed by atoms with van der Waals surface area (Å²) in [6.45, 7) is 0. The fourth-order valence-corrected chi connectivity index (χ4v) is 1.66. The third kappa shape index (κ3) is 2.88. The highest BCUT2D eigenvalue weighted by atomic mass is 79.9. The molecule has 88 valence electrons. The molecular formula is C10H8BrN3O3. The van der Waals surface area contributed by atoms with Crippen LogP contribution in [0.4, 0.5) is 0 Å². The minimum Gasteiger partial charge on any atom is -0.481 e. The van der Waals surface area contributed by atoms with Gasteiger partial charge in [-0.25, -0.2) is 0 Å². The lowest BCUT2D eigenvalue weighted by atomic mass is 10.2. The van der Waals surface area contributed by atoms with Crippen LogP contribution in [0, 0.1) is 0 Å². The number of carboxylic acid groups (broad SMARTS) is 1. The van der Waals surface area contributed by atoms with Crippen LogP contribution in [0.5, 0.6) is 0 Å². The average Bonchev–Trinajstić information content (AvgIpc) is 2.75. The Bertz CT molecular complexity index is 541. The number of halogens is 1. The van der Waals surface area contributed by atoms with E-state index in [0.717, 1.165) is 10.0 Å². The highest BCUT2D eigenvalue weighted by Gasteiger charge is 2.12. The quantitative estimate of drug-likeness (QED) is 0.927. The van der Waals surface area contributed by atoms with Crippen LogP contribution < -0.4 is 0 Å². The SMILES string of the molecule is O=C(O)CCc1nc(-c2ccncc2Br)no1. The fraction of sp³-hybridized carbons (Fsp3) is 0.200. The summed E-state index contributed by atoms with van der Waals surface area (Å²) in [6, 6.07) is 1.75. The van der Waals surface area contributed by atoms with E-state index in [0.29, 0.717) is 11.7 Å². The van der Waals surface area contributed by atoms with Crippen molar-refractivity contribution in [2.45, 2.75) is 12.8 Å². The molecule has 0 spiro atoms. The van der Waals surface area contributed by atoms with Gasteiger partial charge in [0.1, 0.15) is 0 Å². The van der Waals surface area contributed by atoms with Crippen LogP contribution in [-0.4, -0.2) is 26.2 Å². The van der Waals surface area contributed by atoms with Crippen LogP contribution in [0.15, 0.2) is 27.5 Å². The van der Waals surface area contributed by atoms with Gasteiger partial charge in [0.05, 0.1) is 6.42 Å². The van der Waals surface area contributed by atoms with Crippen LogP contribution in [0.2, 0.25) is 0 Å². The van der Waals surface area contributed by atoms with Crippen LogP contribution in [-0.2, 0) is 11.2 Å². The molecule has 2 rings (SSSR count). The molecule has 7 heteroatoms. The number of aliphatic carboxylic acids is 1. The van der Waals surface area contributed by atoms with Crippen molar-refractivity contribution in [3.8, 4) is 11.4 Å². The van der Waals surface area contributed by atoms with E-state index < -0.39 is 5.97 Å². The van der Waals surface area contributed by atoms with Crippen LogP contribution in [0.1, 0.15) is 12.3 Å². The van der Waals surface area contributed by atoms with E-state index in [9.17, 15) is 4.79 Å². The number of nitrogens with zero attached hydrogens (tertiary/aromatic N) is 3. The van der Waals surface area contributed by atoms with E-state index in [-0.39, 0.29) is 12.8 Å². The molecular weight excluding hydrogens is 290 g/mol. The molecule has 0 aliphatic carbocycles. The molecule has 2 aromatic rings. The summed E-state index contributed by atoms with van der Waals surface area (Å²) < 4.78 is 5.71. The van der Waals surface area contributed by atoms with Crippen molar-refractivity contribution in [1.82, 2.24) is 15.1 Å². The summed E-state index contributed by atoms with van der Waals surface area (Å²) >= 11 is 3.33. The van der Waals surface area contributed by atoms with Crippen LogP contribution in [0.3, 0.4) is 0 Å². The molecule has 0 atom stereocenters. The van der Waals surface area contributed by atoms with E-state index in [1.54, 1.807) is 18.5 Å². The maximum atomic E-state index is 10.4. The summed E-state index contributed by atoms with van der Waals surface area (Å²) in [6.07, 6.45) is 3.44. The lowest BCUT2D eigenvalue weighted by Gasteiger charge is -1.95. The van der Waals surface area contributed by atoms with Gasteiger partial charge in [0.25, 0.3) is 0 Å². The molecule has 0 aliphatic rings. The van der Waals surface area contributed by atoms with Gasteiger partial charge in [0.2, 0.25) is 11.7 Å². The molecule has 0 saturated heterocycles. The van der Waals surface area contributed by atoms with E-state index in [1.807, 2.05) is 0 Å². The molecule has 0 aliphatic heterocycles. The minimum atomic E-state index is -0.894. The maximum absolute atomic E-state index is 10.4. The largest absolute Gasteiger partial charge is 0.481 e. The second-order valence-electron chi connectivity index (χ2n) is 3.26. The highest BCUT2D eigenvalue weighted by Crippen LogP contribution is 2.24. The van der Waals surface area contributed by atoms with E-state index >= 15 is 0 Å². The second kappa shape index (κ2) is 5.05. The Labute approximate surface area is 105 Å². The average molecular weight is 298 g/mol. The number of carbonyl (C=O) groups is 1. The van der Waals surface area contributed by atoms with Gasteiger partial charge in [-0.15, -0.1) is 0 Å². The molecule has 6 nitrogen and oxygen atoms in total. The van der Waals surface area contributed by atoms with Gasteiger partial charge in [0.15, 0.2) is 0 Å². The summed E-state index contributed by atoms with van der Waals surface area (Å²) in [5, 5.41) is 12.3. The Kier molecular flexibility index (Phi) is 3.48. The fourth-order valence-electron chi connectivity index (χ4n) is 1.24. The minimum absolute atomic E-state index is 0.0286. The number of hydrogen-bond donors (Lipinski definition) is 1. The summed E-state index contributed by atoms with van der Waals surface area (Å²) in [5.41, 5.74) is 0.755. The van der Waals surface area contributed by atoms with Gasteiger partial charge in [-0.1, -0.05) is 5.16 Å². The Morgan fingerprint density at radius 3 is 3.06 bits per heavy atom. The number of hydrogen-bond acceptors (Lipinski definition) is 5. The Hall–Kier alpha value is -1.76. The van der Waals surface area contributed by atoms with E-state index in [1.165, 1.54) is 0 Å². The number of aryl methyl sites for hydroxylation is 1.